The zero-order valence-electron chi connectivity index (χ0n) is 8.48. The average molecular weight is 212 g/mol. The normalized spacial score (nSPS) is 9.73. The Bertz CT molecular complexity index is 385. The number of nitrogens with zero attached hydrogens (tertiary/aromatic N) is 2. The molecule has 0 aromatic carbocycles. The van der Waals surface area contributed by atoms with Crippen molar-refractivity contribution in [3.05, 3.63) is 12.0 Å². The van der Waals surface area contributed by atoms with Gasteiger partial charge < -0.3 is 15.0 Å². The number of anilines is 1. The molecule has 0 saturated heterocycles. The van der Waals surface area contributed by atoms with E-state index < -0.39 is 12.0 Å². The van der Waals surface area contributed by atoms with E-state index in [1.54, 1.807) is 14.0 Å². The van der Waals surface area contributed by atoms with Crippen molar-refractivity contribution in [1.29, 1.82) is 0 Å². The lowest BCUT2D eigenvalue weighted by atomic mass is 10.4. The Hall–Kier alpha value is -2.05. The first-order valence-corrected chi connectivity index (χ1v) is 4.31. The topological polar surface area (TPSA) is 99.2 Å². The molecule has 0 bridgehead atoms. The fraction of sp³-hybridized carbons (Fsp3) is 0.375. The molecule has 0 aliphatic carbocycles. The van der Waals surface area contributed by atoms with E-state index in [0.717, 1.165) is 0 Å². The van der Waals surface area contributed by atoms with Crippen LogP contribution in [0.15, 0.2) is 6.33 Å². The third kappa shape index (κ3) is 2.46. The monoisotopic (exact) mass is 212 g/mol. The van der Waals surface area contributed by atoms with E-state index in [0.29, 0.717) is 0 Å². The van der Waals surface area contributed by atoms with E-state index >= 15 is 0 Å². The summed E-state index contributed by atoms with van der Waals surface area (Å²) in [6.07, 6.45) is 1.39. The number of primary amides is 1. The van der Waals surface area contributed by atoms with Gasteiger partial charge in [0, 0.05) is 7.05 Å². The maximum atomic E-state index is 11.5. The van der Waals surface area contributed by atoms with Crippen molar-refractivity contribution in [2.45, 2.75) is 6.92 Å². The second-order valence-electron chi connectivity index (χ2n) is 2.76. The van der Waals surface area contributed by atoms with Crippen molar-refractivity contribution in [2.24, 2.45) is 12.8 Å². The lowest BCUT2D eigenvalue weighted by molar-refractivity contribution is 0.0516. The highest BCUT2D eigenvalue weighted by Crippen LogP contribution is 2.13. The summed E-state index contributed by atoms with van der Waals surface area (Å²) < 4.78 is 6.25. The molecule has 15 heavy (non-hydrogen) atoms. The van der Waals surface area contributed by atoms with Crippen LogP contribution >= 0.6 is 0 Å². The number of imidazole rings is 1. The predicted molar refractivity (Wildman–Crippen MR) is 52.4 cm³/mol. The number of esters is 1. The third-order valence-electron chi connectivity index (χ3n) is 1.65. The van der Waals surface area contributed by atoms with Gasteiger partial charge in [-0.05, 0) is 6.92 Å². The van der Waals surface area contributed by atoms with Crippen molar-refractivity contribution >= 4 is 17.8 Å². The molecule has 0 atom stereocenters. The highest BCUT2D eigenvalue weighted by atomic mass is 16.5. The Labute approximate surface area is 86.2 Å². The maximum absolute atomic E-state index is 11.5. The van der Waals surface area contributed by atoms with Gasteiger partial charge in [0.25, 0.3) is 0 Å². The molecule has 82 valence electrons. The van der Waals surface area contributed by atoms with E-state index in [-0.39, 0.29) is 18.1 Å². The lowest BCUT2D eigenvalue weighted by Crippen LogP contribution is -2.22. The molecule has 1 aromatic rings. The molecule has 1 rings (SSSR count). The Morgan fingerprint density at radius 2 is 2.33 bits per heavy atom. The van der Waals surface area contributed by atoms with Crippen molar-refractivity contribution in [2.75, 3.05) is 11.9 Å². The number of ether oxygens (including phenoxy) is 1. The summed E-state index contributed by atoms with van der Waals surface area (Å²) in [6, 6.07) is -0.778. The summed E-state index contributed by atoms with van der Waals surface area (Å²) in [5.41, 5.74) is 5.09. The van der Waals surface area contributed by atoms with Crippen LogP contribution in [0.25, 0.3) is 0 Å². The molecule has 7 heteroatoms. The molecule has 1 aromatic heterocycles. The molecule has 7 nitrogen and oxygen atoms in total. The molecule has 0 unspecified atom stereocenters. The fourth-order valence-electron chi connectivity index (χ4n) is 1.08. The zero-order valence-corrected chi connectivity index (χ0v) is 8.48. The van der Waals surface area contributed by atoms with Crippen LogP contribution in [0.5, 0.6) is 0 Å². The number of rotatable bonds is 3. The van der Waals surface area contributed by atoms with E-state index in [2.05, 4.69) is 10.3 Å². The largest absolute Gasteiger partial charge is 0.461 e. The number of nitrogens with two attached hydrogens (primary N) is 1. The first-order valence-electron chi connectivity index (χ1n) is 4.31. The number of urea groups is 1. The first kappa shape index (κ1) is 11.0. The second-order valence-corrected chi connectivity index (χ2v) is 2.76. The molecule has 0 spiro atoms. The second kappa shape index (κ2) is 4.45. The Morgan fingerprint density at radius 1 is 1.67 bits per heavy atom. The lowest BCUT2D eigenvalue weighted by Gasteiger charge is -2.04. The average Bonchev–Trinajstić information content (AvgIpc) is 2.46. The number of nitrogens with one attached hydrogen (secondary N) is 1. The van der Waals surface area contributed by atoms with Crippen LogP contribution in [0.3, 0.4) is 0 Å². The minimum absolute atomic E-state index is 0.100. The van der Waals surface area contributed by atoms with Crippen molar-refractivity contribution in [1.82, 2.24) is 9.55 Å². The third-order valence-corrected chi connectivity index (χ3v) is 1.65. The van der Waals surface area contributed by atoms with Gasteiger partial charge in [-0.3, -0.25) is 5.32 Å². The molecular formula is C8H12N4O3. The summed E-state index contributed by atoms with van der Waals surface area (Å²) in [6.45, 7) is 1.94. The molecule has 2 amide bonds. The van der Waals surface area contributed by atoms with Gasteiger partial charge in [-0.1, -0.05) is 0 Å². The number of hydrogen-bond acceptors (Lipinski definition) is 4. The van der Waals surface area contributed by atoms with Gasteiger partial charge in [0.15, 0.2) is 11.5 Å². The molecule has 1 heterocycles. The Morgan fingerprint density at radius 3 is 2.87 bits per heavy atom. The number of amides is 2. The molecule has 3 N–H and O–H groups in total. The van der Waals surface area contributed by atoms with Crippen LogP contribution in [0.4, 0.5) is 10.6 Å². The maximum Gasteiger partial charge on any atom is 0.358 e. The van der Waals surface area contributed by atoms with Crippen LogP contribution in [-0.2, 0) is 11.8 Å². The van der Waals surface area contributed by atoms with Crippen LogP contribution in [0.1, 0.15) is 17.4 Å². The van der Waals surface area contributed by atoms with E-state index in [4.69, 9.17) is 10.5 Å². The van der Waals surface area contributed by atoms with Crippen LogP contribution in [-0.4, -0.2) is 28.2 Å². The van der Waals surface area contributed by atoms with Crippen molar-refractivity contribution in [3.8, 4) is 0 Å². The molecular weight excluding hydrogens is 200 g/mol. The Balaban J connectivity index is 2.98. The highest BCUT2D eigenvalue weighted by molar-refractivity contribution is 5.97. The van der Waals surface area contributed by atoms with E-state index in [1.807, 2.05) is 0 Å². The summed E-state index contributed by atoms with van der Waals surface area (Å²) >= 11 is 0. The first-order chi connectivity index (χ1) is 7.06. The zero-order chi connectivity index (χ0) is 11.4. The molecule has 0 aliphatic heterocycles. The summed E-state index contributed by atoms with van der Waals surface area (Å²) in [4.78, 5) is 25.9. The highest BCUT2D eigenvalue weighted by Gasteiger charge is 2.18. The standard InChI is InChI=1S/C8H12N4O3/c1-3-15-7(13)5-6(11-8(9)14)10-4-12(5)2/h4H,3H2,1-2H3,(H3,9,11,14). The summed E-state index contributed by atoms with van der Waals surface area (Å²) in [5.74, 6) is -0.454. The smallest absolute Gasteiger partial charge is 0.358 e. The van der Waals surface area contributed by atoms with Crippen molar-refractivity contribution < 1.29 is 14.3 Å². The van der Waals surface area contributed by atoms with Crippen LogP contribution in [0.2, 0.25) is 0 Å². The number of aromatic nitrogens is 2. The minimum Gasteiger partial charge on any atom is -0.461 e. The van der Waals surface area contributed by atoms with Gasteiger partial charge in [-0.25, -0.2) is 14.6 Å². The van der Waals surface area contributed by atoms with Gasteiger partial charge in [0.05, 0.1) is 12.9 Å². The Kier molecular flexibility index (Phi) is 3.27. The fourth-order valence-corrected chi connectivity index (χ4v) is 1.08. The van der Waals surface area contributed by atoms with Gasteiger partial charge in [-0.15, -0.1) is 0 Å². The quantitative estimate of drug-likeness (QED) is 0.693. The van der Waals surface area contributed by atoms with Crippen LogP contribution < -0.4 is 11.1 Å². The minimum atomic E-state index is -0.778. The number of carbonyl (C=O) groups excluding carboxylic acids is 2. The van der Waals surface area contributed by atoms with E-state index in [1.165, 1.54) is 10.9 Å². The predicted octanol–water partition coefficient (Wildman–Crippen LogP) is 0.0874. The molecule has 0 fully saturated rings. The molecule has 0 saturated carbocycles. The number of aryl methyl sites for hydroxylation is 1. The van der Waals surface area contributed by atoms with Gasteiger partial charge in [0.1, 0.15) is 0 Å². The van der Waals surface area contributed by atoms with Gasteiger partial charge in [0.2, 0.25) is 0 Å². The SMILES string of the molecule is CCOC(=O)c1c(NC(N)=O)ncn1C. The number of carbonyl (C=O) groups is 2. The van der Waals surface area contributed by atoms with Crippen molar-refractivity contribution in [3.63, 3.8) is 0 Å². The van der Waals surface area contributed by atoms with Crippen LogP contribution in [0, 0.1) is 0 Å². The molecule has 0 aliphatic rings. The summed E-state index contributed by atoms with van der Waals surface area (Å²) in [5, 5.41) is 2.24. The summed E-state index contributed by atoms with van der Waals surface area (Å²) in [7, 11) is 1.62. The van der Waals surface area contributed by atoms with Gasteiger partial charge >= 0.3 is 12.0 Å². The number of hydrogen-bond donors (Lipinski definition) is 2. The van der Waals surface area contributed by atoms with Gasteiger partial charge in [-0.2, -0.15) is 0 Å². The van der Waals surface area contributed by atoms with E-state index in [9.17, 15) is 9.59 Å². The molecule has 0 radical (unpaired) electrons.